The minimum atomic E-state index is 0.193. The number of ether oxygens (including phenoxy) is 3. The van der Waals surface area contributed by atoms with Crippen LogP contribution in [0.5, 0.6) is 34.8 Å². The highest BCUT2D eigenvalue weighted by Crippen LogP contribution is 2.40. The van der Waals surface area contributed by atoms with Crippen LogP contribution in [0.4, 0.5) is 0 Å². The number of para-hydroxylation sites is 4. The molecule has 0 aliphatic carbocycles. The first-order valence-electron chi connectivity index (χ1n) is 16.9. The maximum absolute atomic E-state index is 6.63. The third-order valence-electron chi connectivity index (χ3n) is 8.65. The van der Waals surface area contributed by atoms with Gasteiger partial charge in [-0.25, -0.2) is 4.98 Å². The number of benzene rings is 7. The van der Waals surface area contributed by atoms with E-state index in [1.54, 1.807) is 0 Å². The first-order chi connectivity index (χ1) is 25.7. The van der Waals surface area contributed by atoms with Gasteiger partial charge in [0, 0.05) is 21.9 Å². The highest BCUT2D eigenvalue weighted by atomic mass is 16.5. The molecular weight excluding hydrogens is 645 g/mol. The molecule has 0 fully saturated rings. The van der Waals surface area contributed by atoms with Crippen LogP contribution < -0.4 is 14.2 Å². The first-order valence-corrected chi connectivity index (χ1v) is 16.9. The zero-order chi connectivity index (χ0) is 34.7. The van der Waals surface area contributed by atoms with Crippen molar-refractivity contribution in [2.45, 2.75) is 0 Å². The van der Waals surface area contributed by atoms with Gasteiger partial charge in [0.2, 0.25) is 0 Å². The summed E-state index contributed by atoms with van der Waals surface area (Å²) < 4.78 is 21.4. The Kier molecular flexibility index (Phi) is 8.04. The third kappa shape index (κ3) is 6.19. The number of hydrogen-bond donors (Lipinski definition) is 0. The minimum absolute atomic E-state index is 0.193. The van der Waals surface area contributed by atoms with Crippen LogP contribution in [0.15, 0.2) is 182 Å². The SMILES string of the molecule is c1ccc(Oc2ccc3c(c2)c2cc(Oc4ccccc4)ccc2n3-c2ccccc2Oc2nc(-c3ccccc3)nc(-c3ccccc3)n2)cc1. The zero-order valence-electron chi connectivity index (χ0n) is 27.8. The molecule has 248 valence electrons. The van der Waals surface area contributed by atoms with Gasteiger partial charge in [-0.2, -0.15) is 9.97 Å². The van der Waals surface area contributed by atoms with Crippen molar-refractivity contribution >= 4 is 21.8 Å². The van der Waals surface area contributed by atoms with E-state index in [2.05, 4.69) is 28.8 Å². The van der Waals surface area contributed by atoms with E-state index in [-0.39, 0.29) is 6.01 Å². The Balaban J connectivity index is 1.18. The smallest absolute Gasteiger partial charge is 0.326 e. The zero-order valence-corrected chi connectivity index (χ0v) is 27.8. The first kappa shape index (κ1) is 30.8. The minimum Gasteiger partial charge on any atom is -0.457 e. The molecule has 0 saturated carbocycles. The molecule has 52 heavy (non-hydrogen) atoms. The molecular formula is C45H30N4O3. The normalized spacial score (nSPS) is 11.1. The van der Waals surface area contributed by atoms with Gasteiger partial charge in [-0.3, -0.25) is 0 Å². The molecule has 0 spiro atoms. The number of aromatic nitrogens is 4. The van der Waals surface area contributed by atoms with E-state index >= 15 is 0 Å². The van der Waals surface area contributed by atoms with Gasteiger partial charge in [0.1, 0.15) is 23.0 Å². The van der Waals surface area contributed by atoms with E-state index in [0.717, 1.165) is 61.6 Å². The summed E-state index contributed by atoms with van der Waals surface area (Å²) >= 11 is 0. The molecule has 2 heterocycles. The average molecular weight is 675 g/mol. The van der Waals surface area contributed by atoms with E-state index in [4.69, 9.17) is 29.2 Å². The number of hydrogen-bond acceptors (Lipinski definition) is 6. The van der Waals surface area contributed by atoms with Crippen LogP contribution >= 0.6 is 0 Å². The summed E-state index contributed by atoms with van der Waals surface area (Å²) in [6.07, 6.45) is 0. The van der Waals surface area contributed by atoms with Crippen LogP contribution in [0.1, 0.15) is 0 Å². The van der Waals surface area contributed by atoms with Crippen molar-refractivity contribution in [3.63, 3.8) is 0 Å². The average Bonchev–Trinajstić information content (AvgIpc) is 3.52. The second-order valence-electron chi connectivity index (χ2n) is 12.1. The molecule has 7 nitrogen and oxygen atoms in total. The van der Waals surface area contributed by atoms with Crippen molar-refractivity contribution < 1.29 is 14.2 Å². The molecule has 0 bridgehead atoms. The molecule has 2 aromatic heterocycles. The second-order valence-corrected chi connectivity index (χ2v) is 12.1. The summed E-state index contributed by atoms with van der Waals surface area (Å²) in [6.45, 7) is 0. The summed E-state index contributed by atoms with van der Waals surface area (Å²) in [5, 5.41) is 1.99. The number of nitrogens with zero attached hydrogens (tertiary/aromatic N) is 4. The van der Waals surface area contributed by atoms with Gasteiger partial charge >= 0.3 is 6.01 Å². The molecule has 0 aliphatic heterocycles. The fourth-order valence-corrected chi connectivity index (χ4v) is 6.28. The Morgan fingerprint density at radius 2 is 0.808 bits per heavy atom. The number of rotatable bonds is 9. The van der Waals surface area contributed by atoms with Crippen LogP contribution in [-0.4, -0.2) is 19.5 Å². The predicted octanol–water partition coefficient (Wildman–Crippen LogP) is 11.7. The van der Waals surface area contributed by atoms with Gasteiger partial charge in [0.15, 0.2) is 17.4 Å². The van der Waals surface area contributed by atoms with Crippen LogP contribution in [0.3, 0.4) is 0 Å². The Hall–Kier alpha value is -7.25. The van der Waals surface area contributed by atoms with E-state index in [0.29, 0.717) is 17.4 Å². The highest BCUT2D eigenvalue weighted by molar-refractivity contribution is 6.10. The monoisotopic (exact) mass is 674 g/mol. The molecule has 0 atom stereocenters. The Bertz CT molecular complexity index is 2490. The molecule has 0 N–H and O–H groups in total. The fraction of sp³-hybridized carbons (Fsp3) is 0. The lowest BCUT2D eigenvalue weighted by Crippen LogP contribution is -2.03. The van der Waals surface area contributed by atoms with E-state index in [1.165, 1.54) is 0 Å². The van der Waals surface area contributed by atoms with Crippen LogP contribution in [0.25, 0.3) is 50.3 Å². The molecule has 9 rings (SSSR count). The summed E-state index contributed by atoms with van der Waals surface area (Å²) in [4.78, 5) is 14.4. The topological polar surface area (TPSA) is 71.3 Å². The quantitative estimate of drug-likeness (QED) is 0.152. The Morgan fingerprint density at radius 3 is 1.31 bits per heavy atom. The van der Waals surface area contributed by atoms with Gasteiger partial charge in [-0.1, -0.05) is 109 Å². The van der Waals surface area contributed by atoms with Gasteiger partial charge in [0.05, 0.1) is 16.7 Å². The Labute approximate surface area is 300 Å². The van der Waals surface area contributed by atoms with Gasteiger partial charge in [-0.15, -0.1) is 0 Å². The lowest BCUT2D eigenvalue weighted by atomic mass is 10.1. The van der Waals surface area contributed by atoms with Gasteiger partial charge in [0.25, 0.3) is 0 Å². The molecule has 9 aromatic rings. The third-order valence-corrected chi connectivity index (χ3v) is 8.65. The lowest BCUT2D eigenvalue weighted by Gasteiger charge is -2.15. The summed E-state index contributed by atoms with van der Waals surface area (Å²) in [6, 6.07) is 59.6. The highest BCUT2D eigenvalue weighted by Gasteiger charge is 2.19. The maximum atomic E-state index is 6.63. The van der Waals surface area contributed by atoms with E-state index in [1.807, 2.05) is 158 Å². The predicted molar refractivity (Wildman–Crippen MR) is 205 cm³/mol. The van der Waals surface area contributed by atoms with Gasteiger partial charge in [-0.05, 0) is 72.8 Å². The molecule has 7 heteroatoms. The summed E-state index contributed by atoms with van der Waals surface area (Å²) in [7, 11) is 0. The van der Waals surface area contributed by atoms with Crippen molar-refractivity contribution in [3.05, 3.63) is 182 Å². The van der Waals surface area contributed by atoms with Crippen molar-refractivity contribution in [1.82, 2.24) is 19.5 Å². The van der Waals surface area contributed by atoms with Crippen molar-refractivity contribution in [2.24, 2.45) is 0 Å². The molecule has 7 aromatic carbocycles. The van der Waals surface area contributed by atoms with Crippen LogP contribution in [0.2, 0.25) is 0 Å². The number of fused-ring (bicyclic) bond motifs is 3. The molecule has 0 aliphatic rings. The molecule has 0 radical (unpaired) electrons. The molecule has 0 amide bonds. The lowest BCUT2D eigenvalue weighted by molar-refractivity contribution is 0.439. The summed E-state index contributed by atoms with van der Waals surface area (Å²) in [5.41, 5.74) is 4.48. The maximum Gasteiger partial charge on any atom is 0.326 e. The Morgan fingerprint density at radius 1 is 0.365 bits per heavy atom. The van der Waals surface area contributed by atoms with Crippen molar-refractivity contribution in [3.8, 4) is 63.2 Å². The fourth-order valence-electron chi connectivity index (χ4n) is 6.28. The molecule has 0 unspecified atom stereocenters. The van der Waals surface area contributed by atoms with E-state index in [9.17, 15) is 0 Å². The van der Waals surface area contributed by atoms with Crippen molar-refractivity contribution in [2.75, 3.05) is 0 Å². The van der Waals surface area contributed by atoms with Crippen molar-refractivity contribution in [1.29, 1.82) is 0 Å². The second kappa shape index (κ2) is 13.6. The largest absolute Gasteiger partial charge is 0.457 e. The van der Waals surface area contributed by atoms with E-state index < -0.39 is 0 Å². The molecule has 0 saturated heterocycles. The summed E-state index contributed by atoms with van der Waals surface area (Å²) in [5.74, 6) is 4.61. The van der Waals surface area contributed by atoms with Gasteiger partial charge < -0.3 is 18.8 Å². The van der Waals surface area contributed by atoms with Crippen LogP contribution in [0, 0.1) is 0 Å². The van der Waals surface area contributed by atoms with Crippen LogP contribution in [-0.2, 0) is 0 Å². The standard InChI is InChI=1S/C45H30N4O3/c1-5-15-31(16-6-1)43-46-44(32-17-7-2-8-18-32)48-45(47-43)52-42-24-14-13-23-41(42)49-39-27-25-35(50-33-19-9-3-10-20-33)29-37(39)38-30-36(26-28-40(38)49)51-34-21-11-4-12-22-34/h1-30H.